The van der Waals surface area contributed by atoms with Crippen LogP contribution in [-0.2, 0) is 12.8 Å². The van der Waals surface area contributed by atoms with Gasteiger partial charge in [-0.1, -0.05) is 36.4 Å². The number of benzene rings is 2. The van der Waals surface area contributed by atoms with E-state index < -0.39 is 0 Å². The van der Waals surface area contributed by atoms with Gasteiger partial charge < -0.3 is 11.5 Å². The van der Waals surface area contributed by atoms with Crippen LogP contribution in [0.5, 0.6) is 0 Å². The molecule has 0 spiro atoms. The molecule has 0 unspecified atom stereocenters. The van der Waals surface area contributed by atoms with Gasteiger partial charge >= 0.3 is 0 Å². The third-order valence-electron chi connectivity index (χ3n) is 3.02. The molecule has 0 radical (unpaired) electrons. The molecular weight excluding hydrogens is 220 g/mol. The van der Waals surface area contributed by atoms with E-state index in [2.05, 4.69) is 18.7 Å². The van der Waals surface area contributed by atoms with Crippen LogP contribution in [-0.4, -0.2) is 0 Å². The molecule has 0 fully saturated rings. The van der Waals surface area contributed by atoms with E-state index in [0.29, 0.717) is 0 Å². The number of anilines is 2. The number of rotatable bonds is 4. The summed E-state index contributed by atoms with van der Waals surface area (Å²) in [7, 11) is 0. The molecule has 0 aliphatic rings. The second-order valence-electron chi connectivity index (χ2n) is 4.40. The van der Waals surface area contributed by atoms with Gasteiger partial charge in [-0.25, -0.2) is 0 Å². The third-order valence-corrected chi connectivity index (χ3v) is 3.02. The minimum Gasteiger partial charge on any atom is -0.398 e. The molecule has 0 heterocycles. The highest BCUT2D eigenvalue weighted by Gasteiger charge is 2.03. The smallest absolute Gasteiger partial charge is 0.0349 e. The Hall–Kier alpha value is -2.22. The molecule has 0 amide bonds. The van der Waals surface area contributed by atoms with E-state index in [0.717, 1.165) is 35.3 Å². The second-order valence-corrected chi connectivity index (χ2v) is 4.40. The fraction of sp³-hybridized carbons (Fsp3) is 0.125. The maximum Gasteiger partial charge on any atom is 0.0349 e. The van der Waals surface area contributed by atoms with Gasteiger partial charge in [0.15, 0.2) is 0 Å². The molecule has 2 heteroatoms. The first-order valence-corrected chi connectivity index (χ1v) is 6.02. The second kappa shape index (κ2) is 5.41. The van der Waals surface area contributed by atoms with Crippen molar-refractivity contribution in [1.29, 1.82) is 0 Å². The summed E-state index contributed by atoms with van der Waals surface area (Å²) in [5.41, 5.74) is 17.0. The van der Waals surface area contributed by atoms with Gasteiger partial charge in [-0.05, 0) is 41.7 Å². The maximum atomic E-state index is 5.95. The minimum atomic E-state index is 0.796. The Bertz CT molecular complexity index is 559. The summed E-state index contributed by atoms with van der Waals surface area (Å²) >= 11 is 0. The maximum absolute atomic E-state index is 5.95. The predicted octanol–water partition coefficient (Wildman–Crippen LogP) is 3.17. The molecule has 2 rings (SSSR count). The van der Waals surface area contributed by atoms with Crippen LogP contribution in [0.4, 0.5) is 11.4 Å². The normalized spacial score (nSPS) is 10.2. The molecule has 92 valence electrons. The highest BCUT2D eigenvalue weighted by Crippen LogP contribution is 2.20. The lowest BCUT2D eigenvalue weighted by Gasteiger charge is -2.09. The monoisotopic (exact) mass is 238 g/mol. The summed E-state index contributed by atoms with van der Waals surface area (Å²) < 4.78 is 0. The van der Waals surface area contributed by atoms with Gasteiger partial charge in [0.1, 0.15) is 0 Å². The van der Waals surface area contributed by atoms with E-state index in [4.69, 9.17) is 11.5 Å². The van der Waals surface area contributed by atoms with Gasteiger partial charge in [0, 0.05) is 11.4 Å². The largest absolute Gasteiger partial charge is 0.398 e. The Morgan fingerprint density at radius 3 is 2.39 bits per heavy atom. The van der Waals surface area contributed by atoms with E-state index in [-0.39, 0.29) is 0 Å². The van der Waals surface area contributed by atoms with Crippen LogP contribution >= 0.6 is 0 Å². The molecule has 0 aliphatic carbocycles. The fourth-order valence-electron chi connectivity index (χ4n) is 2.02. The number of nitrogens with two attached hydrogens (primary N) is 2. The van der Waals surface area contributed by atoms with Gasteiger partial charge in [-0.3, -0.25) is 0 Å². The number of hydrogen-bond donors (Lipinski definition) is 2. The van der Waals surface area contributed by atoms with Crippen molar-refractivity contribution in [3.05, 3.63) is 71.8 Å². The Morgan fingerprint density at radius 2 is 1.67 bits per heavy atom. The molecule has 18 heavy (non-hydrogen) atoms. The quantitative estimate of drug-likeness (QED) is 0.635. The lowest BCUT2D eigenvalue weighted by Crippen LogP contribution is -1.98. The molecule has 0 bridgehead atoms. The van der Waals surface area contributed by atoms with Crippen LogP contribution in [0.15, 0.2) is 55.1 Å². The van der Waals surface area contributed by atoms with Crippen LogP contribution < -0.4 is 11.5 Å². The van der Waals surface area contributed by atoms with Gasteiger partial charge in [-0.2, -0.15) is 0 Å². The topological polar surface area (TPSA) is 52.0 Å². The third kappa shape index (κ3) is 2.72. The Balaban J connectivity index is 2.27. The van der Waals surface area contributed by atoms with Crippen molar-refractivity contribution >= 4 is 11.4 Å². The van der Waals surface area contributed by atoms with Crippen LogP contribution in [0.3, 0.4) is 0 Å². The molecular formula is C16H18N2. The van der Waals surface area contributed by atoms with Gasteiger partial charge in [-0.15, -0.1) is 6.58 Å². The zero-order chi connectivity index (χ0) is 13.0. The number of hydrogen-bond acceptors (Lipinski definition) is 2. The van der Waals surface area contributed by atoms with Crippen molar-refractivity contribution in [3.63, 3.8) is 0 Å². The van der Waals surface area contributed by atoms with Gasteiger partial charge in [0.25, 0.3) is 0 Å². The van der Waals surface area contributed by atoms with Crippen molar-refractivity contribution in [3.8, 4) is 0 Å². The van der Waals surface area contributed by atoms with Gasteiger partial charge in [0.2, 0.25) is 0 Å². The summed E-state index contributed by atoms with van der Waals surface area (Å²) in [6.07, 6.45) is 3.49. The SMILES string of the molecule is C=CCc1cc(Cc2ccccc2N)ccc1N. The summed E-state index contributed by atoms with van der Waals surface area (Å²) in [5.74, 6) is 0. The number of nitrogen functional groups attached to an aromatic ring is 2. The first kappa shape index (κ1) is 12.2. The first-order chi connectivity index (χ1) is 8.70. The molecule has 0 atom stereocenters. The van der Waals surface area contributed by atoms with Crippen molar-refractivity contribution < 1.29 is 0 Å². The van der Waals surface area contributed by atoms with Crippen LogP contribution in [0.1, 0.15) is 16.7 Å². The van der Waals surface area contributed by atoms with Crippen LogP contribution in [0.2, 0.25) is 0 Å². The van der Waals surface area contributed by atoms with Gasteiger partial charge in [0.05, 0.1) is 0 Å². The average Bonchev–Trinajstić information content (AvgIpc) is 2.36. The van der Waals surface area contributed by atoms with E-state index in [1.54, 1.807) is 0 Å². The highest BCUT2D eigenvalue weighted by molar-refractivity contribution is 5.52. The standard InChI is InChI=1S/C16H18N2/c1-2-5-13-10-12(8-9-16(13)18)11-14-6-3-4-7-15(14)17/h2-4,6-10H,1,5,11,17-18H2. The highest BCUT2D eigenvalue weighted by atomic mass is 14.6. The van der Waals surface area contributed by atoms with Crippen molar-refractivity contribution in [2.45, 2.75) is 12.8 Å². The van der Waals surface area contributed by atoms with E-state index >= 15 is 0 Å². The number of allylic oxidation sites excluding steroid dienone is 1. The molecule has 0 aliphatic heterocycles. The molecule has 2 aromatic carbocycles. The van der Waals surface area contributed by atoms with Crippen LogP contribution in [0.25, 0.3) is 0 Å². The Labute approximate surface area is 108 Å². The van der Waals surface area contributed by atoms with E-state index in [9.17, 15) is 0 Å². The summed E-state index contributed by atoms with van der Waals surface area (Å²) in [6.45, 7) is 3.75. The zero-order valence-electron chi connectivity index (χ0n) is 10.4. The predicted molar refractivity (Wildman–Crippen MR) is 78.4 cm³/mol. The lowest BCUT2D eigenvalue weighted by molar-refractivity contribution is 1.17. The average molecular weight is 238 g/mol. The fourth-order valence-corrected chi connectivity index (χ4v) is 2.02. The molecule has 0 saturated carbocycles. The minimum absolute atomic E-state index is 0.796. The Morgan fingerprint density at radius 1 is 0.944 bits per heavy atom. The van der Waals surface area contributed by atoms with E-state index in [1.165, 1.54) is 5.56 Å². The molecule has 2 aromatic rings. The summed E-state index contributed by atoms with van der Waals surface area (Å²) in [6, 6.07) is 14.1. The van der Waals surface area contributed by atoms with Crippen molar-refractivity contribution in [1.82, 2.24) is 0 Å². The summed E-state index contributed by atoms with van der Waals surface area (Å²) in [4.78, 5) is 0. The van der Waals surface area contributed by atoms with Crippen molar-refractivity contribution in [2.24, 2.45) is 0 Å². The van der Waals surface area contributed by atoms with E-state index in [1.807, 2.05) is 36.4 Å². The Kier molecular flexibility index (Phi) is 3.68. The van der Waals surface area contributed by atoms with Crippen LogP contribution in [0, 0.1) is 0 Å². The lowest BCUT2D eigenvalue weighted by atomic mass is 9.99. The number of para-hydroxylation sites is 1. The summed E-state index contributed by atoms with van der Waals surface area (Å²) in [5, 5.41) is 0. The molecule has 2 nitrogen and oxygen atoms in total. The molecule has 0 saturated heterocycles. The molecule has 0 aromatic heterocycles. The molecule has 4 N–H and O–H groups in total. The van der Waals surface area contributed by atoms with Crippen molar-refractivity contribution in [2.75, 3.05) is 11.5 Å². The zero-order valence-corrected chi connectivity index (χ0v) is 10.4. The first-order valence-electron chi connectivity index (χ1n) is 6.02.